The lowest BCUT2D eigenvalue weighted by Gasteiger charge is -2.18. The van der Waals surface area contributed by atoms with Gasteiger partial charge in [-0.05, 0) is 109 Å². The zero-order valence-corrected chi connectivity index (χ0v) is 45.0. The van der Waals surface area contributed by atoms with E-state index in [0.29, 0.717) is 19.3 Å². The van der Waals surface area contributed by atoms with Gasteiger partial charge in [0.2, 0.25) is 0 Å². The number of ether oxygens (including phenoxy) is 3. The first-order valence-electron chi connectivity index (χ1n) is 28.7. The second-order valence-corrected chi connectivity index (χ2v) is 18.8. The molecule has 0 spiro atoms. The zero-order valence-electron chi connectivity index (χ0n) is 45.0. The van der Waals surface area contributed by atoms with Crippen LogP contribution in [0.25, 0.3) is 0 Å². The Morgan fingerprint density at radius 1 is 0.304 bits per heavy atom. The van der Waals surface area contributed by atoms with Gasteiger partial charge in [-0.1, -0.05) is 234 Å². The van der Waals surface area contributed by atoms with Crippen molar-refractivity contribution in [3.8, 4) is 0 Å². The van der Waals surface area contributed by atoms with Gasteiger partial charge in [-0.15, -0.1) is 0 Å². The minimum Gasteiger partial charge on any atom is -0.462 e. The molecule has 69 heavy (non-hydrogen) atoms. The second-order valence-electron chi connectivity index (χ2n) is 18.8. The van der Waals surface area contributed by atoms with Crippen LogP contribution in [0.1, 0.15) is 265 Å². The van der Waals surface area contributed by atoms with Gasteiger partial charge in [0.05, 0.1) is 0 Å². The standard InChI is InChI=1S/C63H106O6/c1-4-7-10-13-16-19-22-25-27-29-31-33-35-38-41-44-47-50-53-56-62(65)68-59-60(58-67-61(64)55-52-49-46-43-40-37-24-21-18-15-12-9-6-3)69-63(66)57-54-51-48-45-42-39-36-34-32-30-28-26-23-20-17-14-11-8-5-2/h7,10,16,19,21,24-25,27,30-33,38,41,47,50,60H,4-6,8-9,11-15,17-18,20,22-23,26,28-29,34-37,39-40,42-46,48-49,51-59H2,1-3H3/b10-7-,19-16-,24-21-,27-25-,32-30-,33-31-,41-38-,50-47-/t60-/m1/s1. The van der Waals surface area contributed by atoms with E-state index < -0.39 is 6.10 Å². The summed E-state index contributed by atoms with van der Waals surface area (Å²) >= 11 is 0. The van der Waals surface area contributed by atoms with E-state index in [0.717, 1.165) is 89.9 Å². The quantitative estimate of drug-likeness (QED) is 0.0262. The maximum absolute atomic E-state index is 12.9. The largest absolute Gasteiger partial charge is 0.462 e. The van der Waals surface area contributed by atoms with Crippen LogP contribution in [0.15, 0.2) is 97.2 Å². The first-order chi connectivity index (χ1) is 34.0. The molecule has 0 aliphatic rings. The van der Waals surface area contributed by atoms with Crippen molar-refractivity contribution in [2.24, 2.45) is 0 Å². The van der Waals surface area contributed by atoms with Gasteiger partial charge in [0.15, 0.2) is 6.10 Å². The summed E-state index contributed by atoms with van der Waals surface area (Å²) in [6, 6.07) is 0. The summed E-state index contributed by atoms with van der Waals surface area (Å²) in [5, 5.41) is 0. The number of allylic oxidation sites excluding steroid dienone is 16. The number of unbranched alkanes of at least 4 members (excludes halogenated alkanes) is 24. The third-order valence-electron chi connectivity index (χ3n) is 12.1. The molecule has 0 unspecified atom stereocenters. The van der Waals surface area contributed by atoms with Crippen LogP contribution in [0.5, 0.6) is 0 Å². The molecule has 0 bridgehead atoms. The van der Waals surface area contributed by atoms with Gasteiger partial charge >= 0.3 is 17.9 Å². The lowest BCUT2D eigenvalue weighted by Crippen LogP contribution is -2.30. The molecule has 1 atom stereocenters. The van der Waals surface area contributed by atoms with Gasteiger partial charge in [-0.25, -0.2) is 0 Å². The Morgan fingerprint density at radius 3 is 0.986 bits per heavy atom. The van der Waals surface area contributed by atoms with Crippen molar-refractivity contribution < 1.29 is 28.6 Å². The Hall–Kier alpha value is -3.67. The Morgan fingerprint density at radius 2 is 0.594 bits per heavy atom. The summed E-state index contributed by atoms with van der Waals surface area (Å²) in [5.74, 6) is -1.00. The summed E-state index contributed by atoms with van der Waals surface area (Å²) < 4.78 is 16.8. The normalized spacial score (nSPS) is 12.8. The minimum absolute atomic E-state index is 0.107. The summed E-state index contributed by atoms with van der Waals surface area (Å²) in [4.78, 5) is 38.1. The fourth-order valence-corrected chi connectivity index (χ4v) is 7.75. The SMILES string of the molecule is CC/C=C\C/C=C\C/C=C\C/C=C\C/C=C\C/C=C\CCC(=O)OC[C@@H](COC(=O)CCCCCCC/C=C\CCCCCC)OC(=O)CCCCCCCCC/C=C\CCCCCCCCCC. The fraction of sp³-hybridized carbons (Fsp3) is 0.698. The third-order valence-corrected chi connectivity index (χ3v) is 12.1. The van der Waals surface area contributed by atoms with Crippen LogP contribution in [0.2, 0.25) is 0 Å². The van der Waals surface area contributed by atoms with Crippen LogP contribution in [0, 0.1) is 0 Å². The Kier molecular flexibility index (Phi) is 53.9. The van der Waals surface area contributed by atoms with Crippen molar-refractivity contribution in [1.82, 2.24) is 0 Å². The molecule has 0 aliphatic heterocycles. The molecule has 0 saturated carbocycles. The van der Waals surface area contributed by atoms with E-state index >= 15 is 0 Å². The van der Waals surface area contributed by atoms with Crippen LogP contribution in [-0.4, -0.2) is 37.2 Å². The van der Waals surface area contributed by atoms with Gasteiger partial charge in [-0.2, -0.15) is 0 Å². The number of carbonyl (C=O) groups is 3. The number of rotatable bonds is 51. The molecule has 0 aromatic rings. The monoisotopic (exact) mass is 959 g/mol. The van der Waals surface area contributed by atoms with Crippen molar-refractivity contribution in [3.05, 3.63) is 97.2 Å². The van der Waals surface area contributed by atoms with E-state index in [4.69, 9.17) is 14.2 Å². The lowest BCUT2D eigenvalue weighted by atomic mass is 10.1. The topological polar surface area (TPSA) is 78.9 Å². The molecule has 0 N–H and O–H groups in total. The van der Waals surface area contributed by atoms with Gasteiger partial charge in [-0.3, -0.25) is 14.4 Å². The summed E-state index contributed by atoms with van der Waals surface area (Å²) in [6.07, 6.45) is 75.5. The molecule has 0 aliphatic carbocycles. The van der Waals surface area contributed by atoms with E-state index in [1.807, 2.05) is 6.08 Å². The number of carbonyl (C=O) groups excluding carboxylic acids is 3. The molecule has 0 heterocycles. The predicted molar refractivity (Wildman–Crippen MR) is 297 cm³/mol. The van der Waals surface area contributed by atoms with Crippen LogP contribution < -0.4 is 0 Å². The first-order valence-corrected chi connectivity index (χ1v) is 28.7. The Bertz CT molecular complexity index is 1380. The van der Waals surface area contributed by atoms with Crippen LogP contribution in [0.3, 0.4) is 0 Å². The van der Waals surface area contributed by atoms with E-state index in [2.05, 4.69) is 112 Å². The Labute approximate surface area is 426 Å². The lowest BCUT2D eigenvalue weighted by molar-refractivity contribution is -0.166. The smallest absolute Gasteiger partial charge is 0.306 e. The second kappa shape index (κ2) is 56.9. The third kappa shape index (κ3) is 55.1. The maximum atomic E-state index is 12.9. The van der Waals surface area contributed by atoms with Gasteiger partial charge < -0.3 is 14.2 Å². The van der Waals surface area contributed by atoms with Crippen LogP contribution in [-0.2, 0) is 28.6 Å². The molecule has 0 saturated heterocycles. The molecule has 0 rings (SSSR count). The van der Waals surface area contributed by atoms with E-state index in [1.54, 1.807) is 0 Å². The van der Waals surface area contributed by atoms with Crippen LogP contribution >= 0.6 is 0 Å². The van der Waals surface area contributed by atoms with Gasteiger partial charge in [0, 0.05) is 19.3 Å². The maximum Gasteiger partial charge on any atom is 0.306 e. The zero-order chi connectivity index (χ0) is 50.0. The summed E-state index contributed by atoms with van der Waals surface area (Å²) in [5.41, 5.74) is 0. The van der Waals surface area contributed by atoms with Crippen molar-refractivity contribution in [2.45, 2.75) is 271 Å². The highest BCUT2D eigenvalue weighted by molar-refractivity contribution is 5.71. The molecule has 0 amide bonds. The van der Waals surface area contributed by atoms with Gasteiger partial charge in [0.1, 0.15) is 13.2 Å². The number of hydrogen-bond acceptors (Lipinski definition) is 6. The molecule has 394 valence electrons. The Balaban J connectivity index is 4.49. The summed E-state index contributed by atoms with van der Waals surface area (Å²) in [6.45, 7) is 6.44. The van der Waals surface area contributed by atoms with E-state index in [9.17, 15) is 14.4 Å². The van der Waals surface area contributed by atoms with Crippen molar-refractivity contribution in [3.63, 3.8) is 0 Å². The molecule has 0 aromatic heterocycles. The molecule has 6 nitrogen and oxygen atoms in total. The number of esters is 3. The van der Waals surface area contributed by atoms with Crippen molar-refractivity contribution in [1.29, 1.82) is 0 Å². The van der Waals surface area contributed by atoms with Crippen LogP contribution in [0.4, 0.5) is 0 Å². The highest BCUT2D eigenvalue weighted by Crippen LogP contribution is 2.14. The average molecular weight is 960 g/mol. The minimum atomic E-state index is -0.814. The predicted octanol–water partition coefficient (Wildman–Crippen LogP) is 19.3. The molecular formula is C63H106O6. The van der Waals surface area contributed by atoms with E-state index in [-0.39, 0.29) is 37.5 Å². The highest BCUT2D eigenvalue weighted by atomic mass is 16.6. The average Bonchev–Trinajstić information content (AvgIpc) is 3.35. The fourth-order valence-electron chi connectivity index (χ4n) is 7.75. The van der Waals surface area contributed by atoms with Crippen molar-refractivity contribution in [2.75, 3.05) is 13.2 Å². The summed E-state index contributed by atoms with van der Waals surface area (Å²) in [7, 11) is 0. The van der Waals surface area contributed by atoms with Crippen molar-refractivity contribution >= 4 is 17.9 Å². The molecule has 6 heteroatoms. The molecular weight excluding hydrogens is 853 g/mol. The first kappa shape index (κ1) is 65.3. The highest BCUT2D eigenvalue weighted by Gasteiger charge is 2.19. The number of hydrogen-bond donors (Lipinski definition) is 0. The molecule has 0 radical (unpaired) electrons. The molecule has 0 aromatic carbocycles. The van der Waals surface area contributed by atoms with E-state index in [1.165, 1.54) is 128 Å². The molecule has 0 fully saturated rings. The van der Waals surface area contributed by atoms with Gasteiger partial charge in [0.25, 0.3) is 0 Å².